The second-order valence-corrected chi connectivity index (χ2v) is 29.1. The van der Waals surface area contributed by atoms with Crippen molar-refractivity contribution in [1.29, 1.82) is 0 Å². The van der Waals surface area contributed by atoms with Crippen LogP contribution in [0.25, 0.3) is 22.3 Å². The molecular weight excluding hydrogens is 1190 g/mol. The highest BCUT2D eigenvalue weighted by molar-refractivity contribution is 7.60. The average molecular weight is 1290 g/mol. The van der Waals surface area contributed by atoms with Gasteiger partial charge in [-0.15, -0.1) is 0 Å². The summed E-state index contributed by atoms with van der Waals surface area (Å²) < 4.78 is 66.5. The molecule has 0 radical (unpaired) electrons. The Hall–Kier alpha value is -5.53. The Morgan fingerprint density at radius 1 is 0.483 bits per heavy atom. The molecule has 0 unspecified atom stereocenters. The van der Waals surface area contributed by atoms with Crippen molar-refractivity contribution in [2.24, 2.45) is 0 Å². The Labute approximate surface area is 527 Å². The lowest BCUT2D eigenvalue weighted by molar-refractivity contribution is -0.150. The van der Waals surface area contributed by atoms with E-state index in [1.165, 1.54) is 19.6 Å². The average Bonchev–Trinajstić information content (AvgIpc) is 2.14. The first-order valence-electron chi connectivity index (χ1n) is 31.5. The van der Waals surface area contributed by atoms with Gasteiger partial charge in [0.1, 0.15) is 53.0 Å². The molecule has 0 saturated carbocycles. The van der Waals surface area contributed by atoms with Crippen LogP contribution in [0.4, 0.5) is 11.6 Å². The SMILES string of the molecule is CCCCCCOC(=O)C(C)(C)NP(=O)(CO[C@H](C)Cn1cnc2c(N)ncnc21)NC(C)(C)C(=O)OCCCCCC.CCCCCCOC(=O)C(C)(C)NP(=O)(CO[C@H](C)Cn1cnc2c(NC(C)=O)ncnc21)NC(C)(C)C(=O)OCCCCCC. The summed E-state index contributed by atoms with van der Waals surface area (Å²) in [6.45, 7) is 27.8. The number of carbonyl (C=O) groups excluding carboxylic acids is 5. The van der Waals surface area contributed by atoms with E-state index in [0.717, 1.165) is 103 Å². The number of nitrogen functional groups attached to an aromatic ring is 1. The fourth-order valence-electron chi connectivity index (χ4n) is 9.10. The van der Waals surface area contributed by atoms with Gasteiger partial charge in [-0.05, 0) is 94.9 Å². The van der Waals surface area contributed by atoms with Crippen LogP contribution in [-0.4, -0.2) is 142 Å². The van der Waals surface area contributed by atoms with E-state index in [1.807, 2.05) is 6.92 Å². The third kappa shape index (κ3) is 27.1. The first-order chi connectivity index (χ1) is 41.9. The van der Waals surface area contributed by atoms with Gasteiger partial charge in [-0.3, -0.25) is 33.1 Å². The van der Waals surface area contributed by atoms with Crippen molar-refractivity contribution in [3.63, 3.8) is 0 Å². The Balaban J connectivity index is 0.000000466. The predicted octanol–water partition coefficient (Wildman–Crippen LogP) is 10.3. The molecule has 27 nitrogen and oxygen atoms in total. The quantitative estimate of drug-likeness (QED) is 0.0104. The fraction of sp³-hybridized carbons (Fsp3) is 0.750. The van der Waals surface area contributed by atoms with Gasteiger partial charge in [0.25, 0.3) is 0 Å². The van der Waals surface area contributed by atoms with E-state index >= 15 is 0 Å². The van der Waals surface area contributed by atoms with Crippen LogP contribution in [0.3, 0.4) is 0 Å². The minimum atomic E-state index is -3.81. The van der Waals surface area contributed by atoms with E-state index < -0.39 is 73.1 Å². The molecule has 4 aromatic heterocycles. The summed E-state index contributed by atoms with van der Waals surface area (Å²) in [6.07, 6.45) is 19.5. The third-order valence-corrected chi connectivity index (χ3v) is 18.6. The number of imidazole rings is 2. The van der Waals surface area contributed by atoms with E-state index in [1.54, 1.807) is 84.1 Å². The number of fused-ring (bicyclic) bond motifs is 2. The Morgan fingerprint density at radius 3 is 1.12 bits per heavy atom. The van der Waals surface area contributed by atoms with E-state index in [9.17, 15) is 33.1 Å². The molecule has 0 aliphatic heterocycles. The second-order valence-electron chi connectivity index (χ2n) is 24.7. The molecule has 89 heavy (non-hydrogen) atoms. The van der Waals surface area contributed by atoms with Gasteiger partial charge < -0.3 is 48.6 Å². The van der Waals surface area contributed by atoms with Gasteiger partial charge in [-0.25, -0.2) is 50.3 Å². The van der Waals surface area contributed by atoms with Crippen LogP contribution in [0, 0.1) is 0 Å². The molecule has 504 valence electrons. The number of nitrogens with two attached hydrogens (primary N) is 1. The van der Waals surface area contributed by atoms with E-state index in [4.69, 9.17) is 34.2 Å². The van der Waals surface area contributed by atoms with Crippen LogP contribution >= 0.6 is 14.9 Å². The summed E-state index contributed by atoms with van der Waals surface area (Å²) in [6, 6.07) is 0. The first-order valence-corrected chi connectivity index (χ1v) is 35.3. The van der Waals surface area contributed by atoms with Crippen molar-refractivity contribution in [2.45, 2.75) is 254 Å². The number of hydrogen-bond donors (Lipinski definition) is 6. The normalized spacial score (nSPS) is 13.2. The van der Waals surface area contributed by atoms with Gasteiger partial charge >= 0.3 is 23.9 Å². The largest absolute Gasteiger partial charge is 0.464 e. The van der Waals surface area contributed by atoms with Crippen LogP contribution in [0.1, 0.15) is 207 Å². The number of anilines is 2. The number of hydrogen-bond acceptors (Lipinski definition) is 20. The van der Waals surface area contributed by atoms with Crippen LogP contribution in [0.2, 0.25) is 0 Å². The Kier molecular flexibility index (Phi) is 32.9. The maximum Gasteiger partial charge on any atom is 0.326 e. The summed E-state index contributed by atoms with van der Waals surface area (Å²) >= 11 is 0. The molecule has 29 heteroatoms. The number of aromatic nitrogens is 8. The van der Waals surface area contributed by atoms with Crippen molar-refractivity contribution in [2.75, 3.05) is 50.2 Å². The Bertz CT molecular complexity index is 2850. The molecule has 0 spiro atoms. The molecule has 4 rings (SSSR count). The molecule has 4 heterocycles. The standard InChI is InChI=1S/C31H54N7O7P.C29H52N7O6P/c1-9-11-13-15-17-43-28(40)30(5,6)36-46(42,37-31(7,8)29(41)44-18-16-14-12-10-2)22-45-23(3)19-38-21-34-25-26(35-24(4)39)32-20-33-27(25)38;1-8-10-12-14-16-40-26(37)28(4,5)34-43(39,35-29(6,7)27(38)41-17-15-13-11-9-2)21-42-22(3)18-36-20-33-23-24(30)31-19-32-25(23)36/h20-21,23H,9-19,22H2,1-8H3,(H2,36,37,42)(H,32,33,35,39);19-20,22H,8-18,21H2,1-7H3,(H2,30,31,32)(H2,34,35,39)/t23-;22-/m11/s1. The molecule has 2 atom stereocenters. The van der Waals surface area contributed by atoms with Gasteiger partial charge in [0.05, 0.1) is 64.4 Å². The topological polar surface area (TPSA) is 348 Å². The summed E-state index contributed by atoms with van der Waals surface area (Å²) in [5, 5.41) is 14.4. The summed E-state index contributed by atoms with van der Waals surface area (Å²) in [4.78, 5) is 88.9. The number of carbonyl (C=O) groups is 5. The van der Waals surface area contributed by atoms with Gasteiger partial charge in [0, 0.05) is 6.92 Å². The molecule has 0 aliphatic carbocycles. The highest BCUT2D eigenvalue weighted by Gasteiger charge is 2.45. The number of amides is 1. The minimum Gasteiger partial charge on any atom is -0.464 e. The molecular formula is C60H106N14O13P2. The van der Waals surface area contributed by atoms with Gasteiger partial charge in [-0.2, -0.15) is 0 Å². The number of unbranched alkanes of at least 4 members (excludes halogenated alkanes) is 12. The fourth-order valence-corrected chi connectivity index (χ4v) is 14.4. The maximum absolute atomic E-state index is 14.5. The van der Waals surface area contributed by atoms with Crippen LogP contribution in [-0.2, 0) is 74.6 Å². The highest BCUT2D eigenvalue weighted by atomic mass is 31.2. The number of ether oxygens (including phenoxy) is 6. The number of rotatable bonds is 43. The summed E-state index contributed by atoms with van der Waals surface area (Å²) in [7, 11) is -7.57. The smallest absolute Gasteiger partial charge is 0.326 e. The van der Waals surface area contributed by atoms with Crippen molar-refractivity contribution >= 4 is 78.6 Å². The van der Waals surface area contributed by atoms with Crippen molar-refractivity contribution in [1.82, 2.24) is 59.4 Å². The molecule has 0 bridgehead atoms. The van der Waals surface area contributed by atoms with Gasteiger partial charge in [-0.1, -0.05) is 105 Å². The molecule has 0 fully saturated rings. The monoisotopic (exact) mass is 1290 g/mol. The first kappa shape index (κ1) is 77.7. The predicted molar refractivity (Wildman–Crippen MR) is 345 cm³/mol. The number of esters is 4. The Morgan fingerprint density at radius 2 is 0.798 bits per heavy atom. The zero-order chi connectivity index (χ0) is 66.5. The second kappa shape index (κ2) is 37.7. The van der Waals surface area contributed by atoms with Crippen molar-refractivity contribution < 1.29 is 61.5 Å². The molecule has 0 saturated heterocycles. The molecule has 0 aliphatic rings. The van der Waals surface area contributed by atoms with E-state index in [0.29, 0.717) is 34.7 Å². The molecule has 1 amide bonds. The zero-order valence-corrected chi connectivity index (χ0v) is 57.6. The van der Waals surface area contributed by atoms with Crippen molar-refractivity contribution in [3.8, 4) is 0 Å². The van der Waals surface area contributed by atoms with E-state index in [2.05, 4.69) is 83.3 Å². The summed E-state index contributed by atoms with van der Waals surface area (Å²) in [5.41, 5.74) is 2.43. The van der Waals surface area contributed by atoms with Gasteiger partial charge in [0.2, 0.25) is 20.8 Å². The number of nitrogens with one attached hydrogen (secondary N) is 5. The number of nitrogens with zero attached hydrogens (tertiary/aromatic N) is 8. The molecule has 0 aromatic carbocycles. The van der Waals surface area contributed by atoms with E-state index in [-0.39, 0.29) is 57.4 Å². The lowest BCUT2D eigenvalue weighted by Gasteiger charge is -2.35. The minimum absolute atomic E-state index is 0.261. The van der Waals surface area contributed by atoms with Crippen LogP contribution in [0.5, 0.6) is 0 Å². The van der Waals surface area contributed by atoms with Crippen LogP contribution < -0.4 is 31.4 Å². The maximum atomic E-state index is 14.5. The lowest BCUT2D eigenvalue weighted by atomic mass is 10.1. The summed E-state index contributed by atoms with van der Waals surface area (Å²) in [5.74, 6) is -1.93. The van der Waals surface area contributed by atoms with Crippen LogP contribution in [0.15, 0.2) is 25.3 Å². The zero-order valence-electron chi connectivity index (χ0n) is 55.8. The molecule has 4 aromatic rings. The lowest BCUT2D eigenvalue weighted by Crippen LogP contribution is -2.54. The highest BCUT2D eigenvalue weighted by Crippen LogP contribution is 2.44. The van der Waals surface area contributed by atoms with Gasteiger partial charge in [0.15, 0.2) is 28.4 Å². The van der Waals surface area contributed by atoms with Crippen molar-refractivity contribution in [3.05, 3.63) is 25.3 Å². The third-order valence-electron chi connectivity index (χ3n) is 13.9. The molecule has 7 N–H and O–H groups in total.